The number of nitrogens with zero attached hydrogens (tertiary/aromatic N) is 1. The van der Waals surface area contributed by atoms with E-state index in [0.29, 0.717) is 6.10 Å². The molecule has 25 heavy (non-hydrogen) atoms. The highest BCUT2D eigenvalue weighted by molar-refractivity contribution is 5.30. The van der Waals surface area contributed by atoms with Gasteiger partial charge in [0, 0.05) is 19.1 Å². The topological polar surface area (TPSA) is 12.5 Å². The van der Waals surface area contributed by atoms with Gasteiger partial charge in [-0.15, -0.1) is 0 Å². The third kappa shape index (κ3) is 4.13. The van der Waals surface area contributed by atoms with Crippen LogP contribution in [0.25, 0.3) is 0 Å². The van der Waals surface area contributed by atoms with Crippen LogP contribution >= 0.6 is 0 Å². The van der Waals surface area contributed by atoms with E-state index in [1.165, 1.54) is 49.8 Å². The highest BCUT2D eigenvalue weighted by atomic mass is 16.5. The third-order valence-electron chi connectivity index (χ3n) is 5.80. The van der Waals surface area contributed by atoms with Gasteiger partial charge in [-0.1, -0.05) is 79.9 Å². The zero-order chi connectivity index (χ0) is 16.9. The van der Waals surface area contributed by atoms with Gasteiger partial charge in [0.15, 0.2) is 0 Å². The summed E-state index contributed by atoms with van der Waals surface area (Å²) in [6.45, 7) is 2.30. The molecule has 0 amide bonds. The van der Waals surface area contributed by atoms with Crippen molar-refractivity contribution in [1.82, 2.24) is 4.90 Å². The Bertz CT molecular complexity index is 596. The van der Waals surface area contributed by atoms with E-state index in [1.807, 2.05) is 0 Å². The SMILES string of the molecule is c1ccc(C(OC2CCN(C3CCCCC3)C2)c2ccccc2)cc1. The summed E-state index contributed by atoms with van der Waals surface area (Å²) in [6, 6.07) is 22.1. The predicted molar refractivity (Wildman–Crippen MR) is 103 cm³/mol. The molecule has 2 nitrogen and oxygen atoms in total. The lowest BCUT2D eigenvalue weighted by Gasteiger charge is -2.31. The van der Waals surface area contributed by atoms with Gasteiger partial charge in [-0.3, -0.25) is 4.90 Å². The molecule has 1 saturated heterocycles. The maximum absolute atomic E-state index is 6.66. The first-order valence-electron chi connectivity index (χ1n) is 9.89. The Balaban J connectivity index is 1.46. The van der Waals surface area contributed by atoms with Crippen molar-refractivity contribution in [3.63, 3.8) is 0 Å². The minimum atomic E-state index is 0.0405. The Labute approximate surface area is 151 Å². The summed E-state index contributed by atoms with van der Waals surface area (Å²) in [5, 5.41) is 0. The summed E-state index contributed by atoms with van der Waals surface area (Å²) in [6.07, 6.45) is 8.54. The standard InChI is InChI=1S/C23H29NO/c1-4-10-19(11-5-1)23(20-12-6-2-7-13-20)25-22-16-17-24(18-22)21-14-8-3-9-15-21/h1-2,4-7,10-13,21-23H,3,8-9,14-18H2. The van der Waals surface area contributed by atoms with Crippen molar-refractivity contribution in [1.29, 1.82) is 0 Å². The van der Waals surface area contributed by atoms with E-state index < -0.39 is 0 Å². The summed E-state index contributed by atoms with van der Waals surface area (Å²) < 4.78 is 6.66. The molecule has 0 N–H and O–H groups in total. The van der Waals surface area contributed by atoms with Crippen LogP contribution in [0, 0.1) is 0 Å². The van der Waals surface area contributed by atoms with Crippen LogP contribution in [0.2, 0.25) is 0 Å². The molecular weight excluding hydrogens is 306 g/mol. The molecule has 1 aliphatic heterocycles. The second-order valence-electron chi connectivity index (χ2n) is 7.53. The van der Waals surface area contributed by atoms with E-state index in [0.717, 1.165) is 19.0 Å². The molecule has 2 heteroatoms. The Morgan fingerprint density at radius 2 is 1.36 bits per heavy atom. The third-order valence-corrected chi connectivity index (χ3v) is 5.80. The van der Waals surface area contributed by atoms with Crippen molar-refractivity contribution in [3.8, 4) is 0 Å². The first kappa shape index (κ1) is 16.8. The number of benzene rings is 2. The monoisotopic (exact) mass is 335 g/mol. The zero-order valence-corrected chi connectivity index (χ0v) is 15.0. The molecule has 1 unspecified atom stereocenters. The van der Waals surface area contributed by atoms with Crippen molar-refractivity contribution < 1.29 is 4.74 Å². The van der Waals surface area contributed by atoms with E-state index in [-0.39, 0.29) is 6.10 Å². The molecule has 0 radical (unpaired) electrons. The first-order valence-corrected chi connectivity index (χ1v) is 9.89. The maximum Gasteiger partial charge on any atom is 0.108 e. The largest absolute Gasteiger partial charge is 0.364 e. The van der Waals surface area contributed by atoms with Crippen LogP contribution in [0.15, 0.2) is 60.7 Å². The molecule has 132 valence electrons. The van der Waals surface area contributed by atoms with E-state index in [9.17, 15) is 0 Å². The molecule has 2 fully saturated rings. The van der Waals surface area contributed by atoms with E-state index in [2.05, 4.69) is 65.6 Å². The first-order chi connectivity index (χ1) is 12.4. The predicted octanol–water partition coefficient (Wildman–Crippen LogP) is 5.20. The number of likely N-dealkylation sites (tertiary alicyclic amines) is 1. The van der Waals surface area contributed by atoms with Gasteiger partial charge < -0.3 is 4.74 Å². The van der Waals surface area contributed by atoms with Gasteiger partial charge in [0.1, 0.15) is 6.10 Å². The number of hydrogen-bond donors (Lipinski definition) is 0. The van der Waals surface area contributed by atoms with Crippen molar-refractivity contribution in [2.24, 2.45) is 0 Å². The van der Waals surface area contributed by atoms with Crippen LogP contribution in [-0.2, 0) is 4.74 Å². The van der Waals surface area contributed by atoms with Crippen LogP contribution < -0.4 is 0 Å². The summed E-state index contributed by atoms with van der Waals surface area (Å²) in [5.41, 5.74) is 2.51. The Morgan fingerprint density at radius 1 is 0.760 bits per heavy atom. The fourth-order valence-corrected chi connectivity index (χ4v) is 4.44. The van der Waals surface area contributed by atoms with Crippen LogP contribution in [0.4, 0.5) is 0 Å². The molecule has 0 aromatic heterocycles. The Kier molecular flexibility index (Phi) is 5.49. The average molecular weight is 335 g/mol. The van der Waals surface area contributed by atoms with Crippen molar-refractivity contribution in [2.45, 2.75) is 56.8 Å². The molecular formula is C23H29NO. The molecule has 2 aliphatic rings. The zero-order valence-electron chi connectivity index (χ0n) is 15.0. The molecule has 4 rings (SSSR count). The second-order valence-corrected chi connectivity index (χ2v) is 7.53. The van der Waals surface area contributed by atoms with Crippen LogP contribution in [0.3, 0.4) is 0 Å². The Morgan fingerprint density at radius 3 is 1.96 bits per heavy atom. The average Bonchev–Trinajstić information content (AvgIpc) is 3.17. The van der Waals surface area contributed by atoms with Crippen LogP contribution in [0.5, 0.6) is 0 Å². The minimum absolute atomic E-state index is 0.0405. The Hall–Kier alpha value is -1.64. The maximum atomic E-state index is 6.66. The van der Waals surface area contributed by atoms with E-state index in [1.54, 1.807) is 0 Å². The normalized spacial score (nSPS) is 22.5. The van der Waals surface area contributed by atoms with Crippen molar-refractivity contribution in [2.75, 3.05) is 13.1 Å². The van der Waals surface area contributed by atoms with Gasteiger partial charge in [0.25, 0.3) is 0 Å². The summed E-state index contributed by atoms with van der Waals surface area (Å²) in [7, 11) is 0. The minimum Gasteiger partial charge on any atom is -0.364 e. The van der Waals surface area contributed by atoms with Gasteiger partial charge in [0.2, 0.25) is 0 Å². The highest BCUT2D eigenvalue weighted by Crippen LogP contribution is 2.32. The fraction of sp³-hybridized carbons (Fsp3) is 0.478. The summed E-state index contributed by atoms with van der Waals surface area (Å²) in [5.74, 6) is 0. The molecule has 1 heterocycles. The fourth-order valence-electron chi connectivity index (χ4n) is 4.44. The highest BCUT2D eigenvalue weighted by Gasteiger charge is 2.31. The lowest BCUT2D eigenvalue weighted by atomic mass is 9.94. The quantitative estimate of drug-likeness (QED) is 0.744. The second kappa shape index (κ2) is 8.16. The lowest BCUT2D eigenvalue weighted by molar-refractivity contribution is 0.0105. The molecule has 1 aliphatic carbocycles. The molecule has 0 bridgehead atoms. The molecule has 2 aromatic carbocycles. The smallest absolute Gasteiger partial charge is 0.108 e. The van der Waals surface area contributed by atoms with Gasteiger partial charge in [-0.2, -0.15) is 0 Å². The van der Waals surface area contributed by atoms with Crippen molar-refractivity contribution >= 4 is 0 Å². The van der Waals surface area contributed by atoms with Gasteiger partial charge in [-0.25, -0.2) is 0 Å². The number of ether oxygens (including phenoxy) is 1. The molecule has 1 atom stereocenters. The van der Waals surface area contributed by atoms with Gasteiger partial charge in [-0.05, 0) is 30.4 Å². The van der Waals surface area contributed by atoms with E-state index in [4.69, 9.17) is 4.74 Å². The summed E-state index contributed by atoms with van der Waals surface area (Å²) in [4.78, 5) is 2.69. The van der Waals surface area contributed by atoms with E-state index >= 15 is 0 Å². The number of rotatable bonds is 5. The van der Waals surface area contributed by atoms with Gasteiger partial charge in [0.05, 0.1) is 6.10 Å². The van der Waals surface area contributed by atoms with Crippen LogP contribution in [0.1, 0.15) is 55.8 Å². The van der Waals surface area contributed by atoms with Crippen molar-refractivity contribution in [3.05, 3.63) is 71.8 Å². The molecule has 2 aromatic rings. The lowest BCUT2D eigenvalue weighted by Crippen LogP contribution is -2.36. The summed E-state index contributed by atoms with van der Waals surface area (Å²) >= 11 is 0. The molecule has 0 spiro atoms. The van der Waals surface area contributed by atoms with Gasteiger partial charge >= 0.3 is 0 Å². The number of hydrogen-bond acceptors (Lipinski definition) is 2. The molecule has 1 saturated carbocycles. The van der Waals surface area contributed by atoms with Crippen LogP contribution in [-0.4, -0.2) is 30.1 Å².